The van der Waals surface area contributed by atoms with E-state index in [4.69, 9.17) is 0 Å². The predicted molar refractivity (Wildman–Crippen MR) is 76.8 cm³/mol. The van der Waals surface area contributed by atoms with Gasteiger partial charge in [-0.3, -0.25) is 10.1 Å². The summed E-state index contributed by atoms with van der Waals surface area (Å²) in [5.74, 6) is -1.50. The fourth-order valence-electron chi connectivity index (χ4n) is 2.19. The summed E-state index contributed by atoms with van der Waals surface area (Å²) < 4.78 is 0. The number of benzene rings is 2. The van der Waals surface area contributed by atoms with Crippen molar-refractivity contribution in [3.63, 3.8) is 0 Å². The van der Waals surface area contributed by atoms with Gasteiger partial charge in [-0.25, -0.2) is 4.98 Å². The molecular weight excluding hydrogens is 288 g/mol. The number of aromatic amines is 1. The number of H-pyrrole nitrogens is 1. The molecular formula is C14H9N4O4-. The Labute approximate surface area is 123 Å². The van der Waals surface area contributed by atoms with Gasteiger partial charge in [0.05, 0.1) is 28.4 Å². The lowest BCUT2D eigenvalue weighted by Gasteiger charge is -2.13. The first kappa shape index (κ1) is 13.6. The molecule has 0 aliphatic rings. The molecule has 0 fully saturated rings. The maximum Gasteiger partial charge on any atom is 0.293 e. The van der Waals surface area contributed by atoms with Crippen LogP contribution in [0.2, 0.25) is 0 Å². The van der Waals surface area contributed by atoms with Crippen LogP contribution in [0.25, 0.3) is 11.0 Å². The molecule has 0 atom stereocenters. The van der Waals surface area contributed by atoms with Crippen LogP contribution in [0.1, 0.15) is 10.4 Å². The van der Waals surface area contributed by atoms with Crippen LogP contribution in [0.3, 0.4) is 0 Å². The maximum atomic E-state index is 11.2. The number of nitro groups is 1. The molecule has 2 aromatic carbocycles. The molecule has 0 radical (unpaired) electrons. The fraction of sp³-hybridized carbons (Fsp3) is 0. The highest BCUT2D eigenvalue weighted by molar-refractivity contribution is 5.99. The van der Waals surface area contributed by atoms with Crippen LogP contribution in [0.4, 0.5) is 17.1 Å². The minimum atomic E-state index is -1.50. The third-order valence-corrected chi connectivity index (χ3v) is 3.17. The third kappa shape index (κ3) is 2.22. The number of aromatic nitrogens is 2. The number of para-hydroxylation sites is 2. The number of hydrogen-bond acceptors (Lipinski definition) is 6. The van der Waals surface area contributed by atoms with E-state index >= 15 is 0 Å². The van der Waals surface area contributed by atoms with Gasteiger partial charge in [0.15, 0.2) is 0 Å². The Morgan fingerprint density at radius 2 is 2.00 bits per heavy atom. The molecule has 0 spiro atoms. The van der Waals surface area contributed by atoms with Crippen molar-refractivity contribution in [2.45, 2.75) is 0 Å². The van der Waals surface area contributed by atoms with E-state index in [1.807, 2.05) is 0 Å². The van der Waals surface area contributed by atoms with Crippen LogP contribution in [-0.4, -0.2) is 20.9 Å². The van der Waals surface area contributed by atoms with Gasteiger partial charge in [-0.1, -0.05) is 18.2 Å². The van der Waals surface area contributed by atoms with Crippen molar-refractivity contribution in [2.24, 2.45) is 0 Å². The van der Waals surface area contributed by atoms with Gasteiger partial charge in [-0.15, -0.1) is 0 Å². The Kier molecular flexibility index (Phi) is 3.18. The summed E-state index contributed by atoms with van der Waals surface area (Å²) >= 11 is 0. The van der Waals surface area contributed by atoms with Crippen LogP contribution in [0.15, 0.2) is 42.7 Å². The molecule has 0 unspecified atom stereocenters. The lowest BCUT2D eigenvalue weighted by atomic mass is 10.1. The lowest BCUT2D eigenvalue weighted by Crippen LogP contribution is -2.23. The number of rotatable bonds is 4. The second-order valence-electron chi connectivity index (χ2n) is 4.47. The summed E-state index contributed by atoms with van der Waals surface area (Å²) in [5.41, 5.74) is 0.943. The molecule has 0 saturated carbocycles. The number of carboxylic acid groups (broad SMARTS) is 1. The van der Waals surface area contributed by atoms with Gasteiger partial charge in [0.2, 0.25) is 0 Å². The first-order chi connectivity index (χ1) is 10.6. The number of aromatic carboxylic acids is 1. The molecule has 0 aliphatic heterocycles. The van der Waals surface area contributed by atoms with Crippen LogP contribution < -0.4 is 10.4 Å². The molecule has 1 aromatic heterocycles. The average Bonchev–Trinajstić information content (AvgIpc) is 2.96. The number of carboxylic acids is 1. The molecule has 1 heterocycles. The van der Waals surface area contributed by atoms with Gasteiger partial charge < -0.3 is 20.2 Å². The average molecular weight is 297 g/mol. The summed E-state index contributed by atoms with van der Waals surface area (Å²) in [7, 11) is 0. The zero-order valence-electron chi connectivity index (χ0n) is 11.1. The van der Waals surface area contributed by atoms with Gasteiger partial charge in [-0.2, -0.15) is 0 Å². The number of nitrogens with zero attached hydrogens (tertiary/aromatic N) is 2. The molecule has 8 heteroatoms. The quantitative estimate of drug-likeness (QED) is 0.556. The van der Waals surface area contributed by atoms with E-state index in [1.54, 1.807) is 18.2 Å². The molecule has 0 saturated heterocycles. The molecule has 3 rings (SSSR count). The number of hydrogen-bond donors (Lipinski definition) is 2. The third-order valence-electron chi connectivity index (χ3n) is 3.17. The number of carbonyl (C=O) groups excluding carboxylic acids is 1. The summed E-state index contributed by atoms with van der Waals surface area (Å²) in [4.78, 5) is 28.7. The number of carbonyl (C=O) groups is 1. The molecule has 2 N–H and O–H groups in total. The Hall–Kier alpha value is -3.42. The van der Waals surface area contributed by atoms with Crippen molar-refractivity contribution in [3.8, 4) is 0 Å². The Balaban J connectivity index is 2.17. The van der Waals surface area contributed by atoms with Crippen molar-refractivity contribution in [1.29, 1.82) is 0 Å². The van der Waals surface area contributed by atoms with Crippen molar-refractivity contribution in [1.82, 2.24) is 9.97 Å². The Morgan fingerprint density at radius 1 is 1.23 bits per heavy atom. The largest absolute Gasteiger partial charge is 0.545 e. The topological polar surface area (TPSA) is 124 Å². The predicted octanol–water partition coefficient (Wildman–Crippen LogP) is 1.58. The number of imidazole rings is 1. The van der Waals surface area contributed by atoms with E-state index in [1.165, 1.54) is 24.5 Å². The fourth-order valence-corrected chi connectivity index (χ4v) is 2.19. The van der Waals surface area contributed by atoms with Crippen molar-refractivity contribution in [2.75, 3.05) is 5.32 Å². The van der Waals surface area contributed by atoms with Crippen molar-refractivity contribution < 1.29 is 14.8 Å². The minimum absolute atomic E-state index is 0.136. The molecule has 0 aliphatic carbocycles. The van der Waals surface area contributed by atoms with Gasteiger partial charge in [0.1, 0.15) is 11.2 Å². The van der Waals surface area contributed by atoms with Crippen LogP contribution >= 0.6 is 0 Å². The van der Waals surface area contributed by atoms with Gasteiger partial charge >= 0.3 is 0 Å². The lowest BCUT2D eigenvalue weighted by molar-refractivity contribution is -0.384. The first-order valence-electron chi connectivity index (χ1n) is 6.26. The Morgan fingerprint density at radius 3 is 2.73 bits per heavy atom. The van der Waals surface area contributed by atoms with Gasteiger partial charge in [0.25, 0.3) is 5.69 Å². The van der Waals surface area contributed by atoms with Crippen molar-refractivity contribution >= 4 is 34.1 Å². The van der Waals surface area contributed by atoms with Crippen LogP contribution in [0.5, 0.6) is 0 Å². The molecule has 0 bridgehead atoms. The number of anilines is 2. The van der Waals surface area contributed by atoms with Crippen LogP contribution in [0, 0.1) is 10.1 Å². The maximum absolute atomic E-state index is 11.2. The van der Waals surface area contributed by atoms with E-state index < -0.39 is 10.9 Å². The number of nitrogens with one attached hydrogen (secondary N) is 2. The monoisotopic (exact) mass is 297 g/mol. The second kappa shape index (κ2) is 5.17. The number of nitro benzene ring substituents is 1. The molecule has 0 amide bonds. The van der Waals surface area contributed by atoms with Crippen LogP contribution in [-0.2, 0) is 0 Å². The molecule has 3 aromatic rings. The highest BCUT2D eigenvalue weighted by Gasteiger charge is 2.19. The summed E-state index contributed by atoms with van der Waals surface area (Å²) in [5, 5.41) is 25.1. The smallest absolute Gasteiger partial charge is 0.293 e. The summed E-state index contributed by atoms with van der Waals surface area (Å²) in [6.45, 7) is 0. The Bertz CT molecular complexity index is 855. The second-order valence-corrected chi connectivity index (χ2v) is 4.47. The summed E-state index contributed by atoms with van der Waals surface area (Å²) in [6, 6.07) is 8.92. The zero-order chi connectivity index (χ0) is 15.7. The minimum Gasteiger partial charge on any atom is -0.545 e. The normalized spacial score (nSPS) is 10.5. The zero-order valence-corrected chi connectivity index (χ0v) is 11.1. The number of fused-ring (bicyclic) bond motifs is 1. The van der Waals surface area contributed by atoms with Gasteiger partial charge in [-0.05, 0) is 12.1 Å². The standard InChI is InChI=1S/C14H10N4O4/c19-14(20)8-3-1-6-11(18(21)22)12(8)17-10-5-2-4-9-13(10)16-7-15-9/h1-7,17H,(H,15,16)(H,19,20)/p-1. The van der Waals surface area contributed by atoms with E-state index in [2.05, 4.69) is 15.3 Å². The van der Waals surface area contributed by atoms with Crippen molar-refractivity contribution in [3.05, 3.63) is 58.4 Å². The highest BCUT2D eigenvalue weighted by atomic mass is 16.6. The highest BCUT2D eigenvalue weighted by Crippen LogP contribution is 2.33. The van der Waals surface area contributed by atoms with Gasteiger partial charge in [0, 0.05) is 11.6 Å². The van der Waals surface area contributed by atoms with E-state index in [9.17, 15) is 20.0 Å². The van der Waals surface area contributed by atoms with E-state index in [-0.39, 0.29) is 16.9 Å². The summed E-state index contributed by atoms with van der Waals surface area (Å²) in [6.07, 6.45) is 1.48. The van der Waals surface area contributed by atoms with E-state index in [0.717, 1.165) is 5.52 Å². The molecule has 22 heavy (non-hydrogen) atoms. The SMILES string of the molecule is O=C([O-])c1cccc([N+](=O)[O-])c1Nc1cccc2[nH]cnc12. The molecule has 110 valence electrons. The molecule has 8 nitrogen and oxygen atoms in total. The van der Waals surface area contributed by atoms with E-state index in [0.29, 0.717) is 11.2 Å². The first-order valence-corrected chi connectivity index (χ1v) is 6.26.